The van der Waals surface area contributed by atoms with Crippen LogP contribution in [-0.2, 0) is 11.3 Å². The Bertz CT molecular complexity index is 932. The molecule has 0 bridgehead atoms. The Morgan fingerprint density at radius 2 is 2.04 bits per heavy atom. The number of hydrogen-bond donors (Lipinski definition) is 2. The van der Waals surface area contributed by atoms with E-state index in [0.717, 1.165) is 54.7 Å². The van der Waals surface area contributed by atoms with Crippen LogP contribution < -0.4 is 0 Å². The number of nitrogens with zero attached hydrogens (tertiary/aromatic N) is 2. The van der Waals surface area contributed by atoms with Crippen LogP contribution in [0.2, 0.25) is 0 Å². The van der Waals surface area contributed by atoms with Crippen LogP contribution in [0.15, 0.2) is 24.4 Å². The lowest BCUT2D eigenvalue weighted by atomic mass is 10.0. The van der Waals surface area contributed by atoms with E-state index in [2.05, 4.69) is 20.9 Å². The minimum absolute atomic E-state index is 0. The Hall–Kier alpha value is -2.15. The smallest absolute Gasteiger partial charge is 0.354 e. The second-order valence-corrected chi connectivity index (χ2v) is 6.18. The summed E-state index contributed by atoms with van der Waals surface area (Å²) in [6.45, 7) is 6.01. The van der Waals surface area contributed by atoms with Gasteiger partial charge in [0.2, 0.25) is 0 Å². The molecule has 0 radical (unpaired) electrons. The maximum Gasteiger partial charge on any atom is 0.354 e. The summed E-state index contributed by atoms with van der Waals surface area (Å²) in [7, 11) is 0. The zero-order valence-corrected chi connectivity index (χ0v) is 14.7. The number of aryl methyl sites for hydroxylation is 1. The Kier molecular flexibility index (Phi) is 4.94. The summed E-state index contributed by atoms with van der Waals surface area (Å²) in [6, 6.07) is 6.18. The number of halogens is 1. The number of aromatic nitrogens is 2. The molecule has 0 spiro atoms. The van der Waals surface area contributed by atoms with Gasteiger partial charge in [-0.1, -0.05) is 12.1 Å². The van der Waals surface area contributed by atoms with Crippen molar-refractivity contribution in [3.8, 4) is 0 Å². The molecule has 4 rings (SSSR count). The largest absolute Gasteiger partial charge is 0.477 e. The predicted molar refractivity (Wildman–Crippen MR) is 98.6 cm³/mol. The summed E-state index contributed by atoms with van der Waals surface area (Å²) in [5.74, 6) is -0.991. The monoisotopic (exact) mass is 361 g/mol. The summed E-state index contributed by atoms with van der Waals surface area (Å²) in [4.78, 5) is 21.2. The molecule has 1 saturated heterocycles. The van der Waals surface area contributed by atoms with E-state index in [-0.39, 0.29) is 18.1 Å². The zero-order chi connectivity index (χ0) is 16.7. The topological polar surface area (TPSA) is 78.4 Å². The third-order valence-corrected chi connectivity index (χ3v) is 4.69. The molecule has 3 aromatic rings. The fraction of sp³-hybridized carbons (Fsp3) is 0.333. The van der Waals surface area contributed by atoms with Crippen molar-refractivity contribution in [2.75, 3.05) is 26.3 Å². The van der Waals surface area contributed by atoms with Crippen LogP contribution in [0, 0.1) is 6.92 Å². The van der Waals surface area contributed by atoms with Gasteiger partial charge in [0.25, 0.3) is 0 Å². The van der Waals surface area contributed by atoms with E-state index in [4.69, 9.17) is 4.74 Å². The van der Waals surface area contributed by atoms with Gasteiger partial charge in [0.15, 0.2) is 5.69 Å². The van der Waals surface area contributed by atoms with Gasteiger partial charge < -0.3 is 14.8 Å². The molecule has 25 heavy (non-hydrogen) atoms. The molecule has 132 valence electrons. The molecule has 6 nitrogen and oxygen atoms in total. The van der Waals surface area contributed by atoms with E-state index in [1.165, 1.54) is 5.56 Å². The molecule has 1 aromatic carbocycles. The number of benzene rings is 1. The zero-order valence-electron chi connectivity index (χ0n) is 13.9. The molecule has 1 aliphatic rings. The number of aromatic amines is 1. The highest BCUT2D eigenvalue weighted by Gasteiger charge is 2.19. The first-order valence-electron chi connectivity index (χ1n) is 8.07. The fourth-order valence-electron chi connectivity index (χ4n) is 3.52. The lowest BCUT2D eigenvalue weighted by molar-refractivity contribution is 0.0344. The van der Waals surface area contributed by atoms with Crippen LogP contribution in [-0.4, -0.2) is 52.2 Å². The van der Waals surface area contributed by atoms with E-state index >= 15 is 0 Å². The first-order valence-corrected chi connectivity index (χ1v) is 8.07. The lowest BCUT2D eigenvalue weighted by Crippen LogP contribution is -2.35. The van der Waals surface area contributed by atoms with E-state index in [0.29, 0.717) is 5.56 Å². The second kappa shape index (κ2) is 7.00. The summed E-state index contributed by atoms with van der Waals surface area (Å²) < 4.78 is 5.42. The van der Waals surface area contributed by atoms with Crippen LogP contribution in [0.4, 0.5) is 0 Å². The quantitative estimate of drug-likeness (QED) is 0.749. The summed E-state index contributed by atoms with van der Waals surface area (Å²) >= 11 is 0. The van der Waals surface area contributed by atoms with Crippen molar-refractivity contribution in [2.45, 2.75) is 13.5 Å². The Morgan fingerprint density at radius 3 is 2.76 bits per heavy atom. The van der Waals surface area contributed by atoms with Crippen LogP contribution in [0.3, 0.4) is 0 Å². The molecular formula is C18H20ClN3O3. The number of rotatable bonds is 3. The third-order valence-electron chi connectivity index (χ3n) is 4.69. The normalized spacial score (nSPS) is 15.4. The molecule has 0 aliphatic carbocycles. The highest BCUT2D eigenvalue weighted by atomic mass is 35.5. The molecule has 0 atom stereocenters. The minimum atomic E-state index is -0.991. The van der Waals surface area contributed by atoms with E-state index < -0.39 is 5.97 Å². The van der Waals surface area contributed by atoms with Crippen molar-refractivity contribution in [3.05, 3.63) is 41.2 Å². The van der Waals surface area contributed by atoms with Gasteiger partial charge in [-0.25, -0.2) is 9.78 Å². The van der Waals surface area contributed by atoms with Crippen LogP contribution in [0.25, 0.3) is 21.8 Å². The molecule has 3 heterocycles. The number of carboxylic acid groups (broad SMARTS) is 1. The molecular weight excluding hydrogens is 342 g/mol. The van der Waals surface area contributed by atoms with Crippen molar-refractivity contribution in [1.29, 1.82) is 0 Å². The molecule has 2 N–H and O–H groups in total. The van der Waals surface area contributed by atoms with Crippen LogP contribution in [0.1, 0.15) is 21.6 Å². The molecule has 2 aromatic heterocycles. The van der Waals surface area contributed by atoms with Gasteiger partial charge in [-0.15, -0.1) is 12.4 Å². The van der Waals surface area contributed by atoms with Gasteiger partial charge in [0.1, 0.15) is 0 Å². The van der Waals surface area contributed by atoms with Crippen molar-refractivity contribution in [3.63, 3.8) is 0 Å². The Morgan fingerprint density at radius 1 is 1.28 bits per heavy atom. The number of aromatic carboxylic acids is 1. The highest BCUT2D eigenvalue weighted by molar-refractivity contribution is 6.12. The minimum Gasteiger partial charge on any atom is -0.477 e. The number of hydrogen-bond acceptors (Lipinski definition) is 4. The Labute approximate surface area is 151 Å². The van der Waals surface area contributed by atoms with E-state index in [9.17, 15) is 9.90 Å². The number of carboxylic acids is 1. The van der Waals surface area contributed by atoms with Crippen molar-refractivity contribution >= 4 is 40.2 Å². The van der Waals surface area contributed by atoms with E-state index in [1.807, 2.05) is 19.1 Å². The van der Waals surface area contributed by atoms with Gasteiger partial charge in [0, 0.05) is 35.9 Å². The van der Waals surface area contributed by atoms with Gasteiger partial charge in [0.05, 0.1) is 24.9 Å². The van der Waals surface area contributed by atoms with Gasteiger partial charge in [-0.05, 0) is 24.1 Å². The number of morpholine rings is 1. The van der Waals surface area contributed by atoms with Crippen molar-refractivity contribution in [1.82, 2.24) is 14.9 Å². The Balaban J connectivity index is 0.00000182. The van der Waals surface area contributed by atoms with Crippen molar-refractivity contribution in [2.24, 2.45) is 0 Å². The van der Waals surface area contributed by atoms with Gasteiger partial charge in [-0.3, -0.25) is 4.90 Å². The highest BCUT2D eigenvalue weighted by Crippen LogP contribution is 2.32. The summed E-state index contributed by atoms with van der Waals surface area (Å²) in [5, 5.41) is 11.4. The standard InChI is InChI=1S/C18H19N3O3.ClH/c1-11-15-14(9-19-17(11)18(22)23)20-13-4-2-3-12(16(13)15)10-21-5-7-24-8-6-21;/h2-4,9,20H,5-8,10H2,1H3,(H,22,23);1H. The maximum absolute atomic E-state index is 11.4. The first kappa shape index (κ1) is 17.7. The number of fused-ring (bicyclic) bond motifs is 3. The summed E-state index contributed by atoms with van der Waals surface area (Å²) in [5.41, 5.74) is 3.92. The number of pyridine rings is 1. The van der Waals surface area contributed by atoms with Crippen molar-refractivity contribution < 1.29 is 14.6 Å². The SMILES string of the molecule is Cc1c(C(=O)O)ncc2[nH]c3cccc(CN4CCOCC4)c3c12.Cl. The number of H-pyrrole nitrogens is 1. The van der Waals surface area contributed by atoms with Gasteiger partial charge >= 0.3 is 5.97 Å². The molecule has 1 fully saturated rings. The average molecular weight is 362 g/mol. The average Bonchev–Trinajstić information content (AvgIpc) is 2.96. The molecule has 1 aliphatic heterocycles. The maximum atomic E-state index is 11.4. The number of carbonyl (C=O) groups is 1. The lowest BCUT2D eigenvalue weighted by Gasteiger charge is -2.26. The van der Waals surface area contributed by atoms with Crippen LogP contribution >= 0.6 is 12.4 Å². The van der Waals surface area contributed by atoms with Gasteiger partial charge in [-0.2, -0.15) is 0 Å². The molecule has 0 unspecified atom stereocenters. The second-order valence-electron chi connectivity index (χ2n) is 6.18. The first-order chi connectivity index (χ1) is 11.6. The number of nitrogens with one attached hydrogen (secondary N) is 1. The molecule has 0 saturated carbocycles. The number of ether oxygens (including phenoxy) is 1. The molecule has 0 amide bonds. The third kappa shape index (κ3) is 3.08. The fourth-order valence-corrected chi connectivity index (χ4v) is 3.52. The molecule has 7 heteroatoms. The predicted octanol–water partition coefficient (Wildman–Crippen LogP) is 2.98. The summed E-state index contributed by atoms with van der Waals surface area (Å²) in [6.07, 6.45) is 1.62. The van der Waals surface area contributed by atoms with Crippen LogP contribution in [0.5, 0.6) is 0 Å². The van der Waals surface area contributed by atoms with E-state index in [1.54, 1.807) is 6.20 Å².